The minimum absolute atomic E-state index is 0.465. The van der Waals surface area contributed by atoms with Gasteiger partial charge in [-0.2, -0.15) is 0 Å². The summed E-state index contributed by atoms with van der Waals surface area (Å²) in [6, 6.07) is 3.68. The van der Waals surface area contributed by atoms with Crippen LogP contribution in [-0.2, 0) is 6.54 Å². The Kier molecular flexibility index (Phi) is 2.58. The topological polar surface area (TPSA) is 6.48 Å². The molecule has 0 saturated carbocycles. The fourth-order valence-corrected chi connectivity index (χ4v) is 1.56. The fourth-order valence-electron chi connectivity index (χ4n) is 1.56. The summed E-state index contributed by atoms with van der Waals surface area (Å²) in [6.07, 6.45) is 3.81. The molecule has 0 amide bonds. The van der Waals surface area contributed by atoms with E-state index in [0.717, 1.165) is 12.7 Å². The normalized spacial score (nSPS) is 15.1. The molecule has 4 heteroatoms. The lowest BCUT2D eigenvalue weighted by Gasteiger charge is -2.18. The summed E-state index contributed by atoms with van der Waals surface area (Å²) in [6.45, 7) is 1.20. The van der Waals surface area contributed by atoms with E-state index in [-0.39, 0.29) is 0 Å². The van der Waals surface area contributed by atoms with Crippen LogP contribution >= 0.6 is 0 Å². The van der Waals surface area contributed by atoms with Gasteiger partial charge in [-0.3, -0.25) is 0 Å². The van der Waals surface area contributed by atoms with Gasteiger partial charge in [-0.15, -0.1) is 0 Å². The van der Waals surface area contributed by atoms with Crippen LogP contribution in [0.4, 0.5) is 8.78 Å². The number of halogens is 2. The molecule has 0 atom stereocenters. The second kappa shape index (κ2) is 3.88. The Labute approximate surface area is 87.4 Å². The van der Waals surface area contributed by atoms with E-state index in [1.54, 1.807) is 0 Å². The number of benzene rings is 1. The molecule has 2 rings (SSSR count). The Morgan fingerprint density at radius 3 is 2.67 bits per heavy atom. The minimum atomic E-state index is -0.537. The zero-order valence-electron chi connectivity index (χ0n) is 8.45. The molecule has 0 aliphatic carbocycles. The Morgan fingerprint density at radius 1 is 1.27 bits per heavy atom. The van der Waals surface area contributed by atoms with Crippen LogP contribution in [-0.4, -0.2) is 23.5 Å². The highest BCUT2D eigenvalue weighted by Crippen LogP contribution is 2.14. The molecule has 1 aromatic carbocycles. The third-order valence-electron chi connectivity index (χ3n) is 2.33. The molecule has 0 N–H and O–H groups in total. The van der Waals surface area contributed by atoms with Gasteiger partial charge < -0.3 is 9.80 Å². The molecule has 2 nitrogen and oxygen atoms in total. The summed E-state index contributed by atoms with van der Waals surface area (Å²) >= 11 is 0. The van der Waals surface area contributed by atoms with Crippen molar-refractivity contribution in [1.29, 1.82) is 0 Å². The third-order valence-corrected chi connectivity index (χ3v) is 2.33. The maximum Gasteiger partial charge on any atom is 0.131 e. The highest BCUT2D eigenvalue weighted by Gasteiger charge is 2.11. The van der Waals surface area contributed by atoms with Crippen molar-refractivity contribution in [2.24, 2.45) is 0 Å². The van der Waals surface area contributed by atoms with E-state index in [4.69, 9.17) is 0 Å². The molecule has 0 bridgehead atoms. The lowest BCUT2D eigenvalue weighted by molar-refractivity contribution is 0.287. The number of rotatable bonds is 2. The van der Waals surface area contributed by atoms with E-state index >= 15 is 0 Å². The SMILES string of the molecule is CN1C=CN(Cc2ccc(F)cc2F)C1. The van der Waals surface area contributed by atoms with Gasteiger partial charge in [0.05, 0.1) is 6.67 Å². The van der Waals surface area contributed by atoms with Gasteiger partial charge in [-0.05, 0) is 6.07 Å². The van der Waals surface area contributed by atoms with Crippen LogP contribution in [0, 0.1) is 11.6 Å². The van der Waals surface area contributed by atoms with Gasteiger partial charge >= 0.3 is 0 Å². The van der Waals surface area contributed by atoms with Gasteiger partial charge in [-0.25, -0.2) is 8.78 Å². The molecule has 0 saturated heterocycles. The maximum absolute atomic E-state index is 13.3. The van der Waals surface area contributed by atoms with Crippen LogP contribution in [0.15, 0.2) is 30.6 Å². The van der Waals surface area contributed by atoms with Gasteiger partial charge in [0.15, 0.2) is 0 Å². The van der Waals surface area contributed by atoms with Gasteiger partial charge in [0.2, 0.25) is 0 Å². The summed E-state index contributed by atoms with van der Waals surface area (Å²) in [7, 11) is 1.94. The van der Waals surface area contributed by atoms with Crippen LogP contribution in [0.3, 0.4) is 0 Å². The Balaban J connectivity index is 2.08. The molecule has 0 fully saturated rings. The highest BCUT2D eigenvalue weighted by atomic mass is 19.1. The second-order valence-electron chi connectivity index (χ2n) is 3.68. The van der Waals surface area contributed by atoms with Crippen molar-refractivity contribution >= 4 is 0 Å². The van der Waals surface area contributed by atoms with Gasteiger partial charge in [-0.1, -0.05) is 6.07 Å². The van der Waals surface area contributed by atoms with Gasteiger partial charge in [0.25, 0.3) is 0 Å². The molecule has 0 aromatic heterocycles. The van der Waals surface area contributed by atoms with Crippen LogP contribution in [0.1, 0.15) is 5.56 Å². The standard InChI is InChI=1S/C11H12F2N2/c1-14-4-5-15(8-14)7-9-2-3-10(12)6-11(9)13/h2-6H,7-8H2,1H3. The Bertz CT molecular complexity index is 390. The van der Waals surface area contributed by atoms with E-state index in [1.807, 2.05) is 29.2 Å². The summed E-state index contributed by atoms with van der Waals surface area (Å²) in [5, 5.41) is 0. The lowest BCUT2D eigenvalue weighted by Crippen LogP contribution is -2.22. The third kappa shape index (κ3) is 2.26. The van der Waals surface area contributed by atoms with Crippen molar-refractivity contribution in [2.45, 2.75) is 6.54 Å². The van der Waals surface area contributed by atoms with Crippen molar-refractivity contribution in [1.82, 2.24) is 9.80 Å². The summed E-state index contributed by atoms with van der Waals surface area (Å²) in [5.41, 5.74) is 0.511. The first kappa shape index (κ1) is 9.96. The summed E-state index contributed by atoms with van der Waals surface area (Å²) in [4.78, 5) is 3.94. The monoisotopic (exact) mass is 210 g/mol. The van der Waals surface area contributed by atoms with Crippen LogP contribution in [0.2, 0.25) is 0 Å². The average molecular weight is 210 g/mol. The highest BCUT2D eigenvalue weighted by molar-refractivity contribution is 5.19. The Morgan fingerprint density at radius 2 is 2.07 bits per heavy atom. The van der Waals surface area contributed by atoms with E-state index < -0.39 is 11.6 Å². The quantitative estimate of drug-likeness (QED) is 0.738. The largest absolute Gasteiger partial charge is 0.362 e. The first-order valence-electron chi connectivity index (χ1n) is 4.72. The van der Waals surface area contributed by atoms with Gasteiger partial charge in [0, 0.05) is 37.6 Å². The number of nitrogens with zero attached hydrogens (tertiary/aromatic N) is 2. The fraction of sp³-hybridized carbons (Fsp3) is 0.273. The molecule has 0 spiro atoms. The zero-order valence-corrected chi connectivity index (χ0v) is 8.45. The second-order valence-corrected chi connectivity index (χ2v) is 3.68. The minimum Gasteiger partial charge on any atom is -0.362 e. The van der Waals surface area contributed by atoms with Crippen molar-refractivity contribution < 1.29 is 8.78 Å². The molecule has 15 heavy (non-hydrogen) atoms. The van der Waals surface area contributed by atoms with E-state index in [2.05, 4.69) is 0 Å². The van der Waals surface area contributed by atoms with Crippen LogP contribution in [0.5, 0.6) is 0 Å². The zero-order chi connectivity index (χ0) is 10.8. The number of hydrogen-bond donors (Lipinski definition) is 0. The molecule has 1 heterocycles. The first-order chi connectivity index (χ1) is 7.15. The van der Waals surface area contributed by atoms with Crippen molar-refractivity contribution in [3.05, 3.63) is 47.8 Å². The number of hydrogen-bond acceptors (Lipinski definition) is 2. The Hall–Kier alpha value is -1.58. The van der Waals surface area contributed by atoms with Gasteiger partial charge in [0.1, 0.15) is 11.6 Å². The molecular formula is C11H12F2N2. The van der Waals surface area contributed by atoms with Crippen molar-refractivity contribution in [3.8, 4) is 0 Å². The molecule has 80 valence electrons. The molecular weight excluding hydrogens is 198 g/mol. The smallest absolute Gasteiger partial charge is 0.131 e. The molecule has 0 radical (unpaired) electrons. The predicted octanol–water partition coefficient (Wildman–Crippen LogP) is 2.14. The summed E-state index contributed by atoms with van der Waals surface area (Å²) < 4.78 is 25.9. The van der Waals surface area contributed by atoms with Crippen molar-refractivity contribution in [3.63, 3.8) is 0 Å². The molecule has 1 aromatic rings. The van der Waals surface area contributed by atoms with E-state index in [1.165, 1.54) is 12.1 Å². The van der Waals surface area contributed by atoms with E-state index in [9.17, 15) is 8.78 Å². The maximum atomic E-state index is 13.3. The molecule has 1 aliphatic rings. The first-order valence-corrected chi connectivity index (χ1v) is 4.72. The predicted molar refractivity (Wildman–Crippen MR) is 53.7 cm³/mol. The van der Waals surface area contributed by atoms with Crippen LogP contribution < -0.4 is 0 Å². The van der Waals surface area contributed by atoms with Crippen LogP contribution in [0.25, 0.3) is 0 Å². The van der Waals surface area contributed by atoms with E-state index in [0.29, 0.717) is 12.1 Å². The summed E-state index contributed by atoms with van der Waals surface area (Å²) in [5.74, 6) is -1.02. The van der Waals surface area contributed by atoms with Crippen molar-refractivity contribution in [2.75, 3.05) is 13.7 Å². The molecule has 0 unspecified atom stereocenters. The average Bonchev–Trinajstić information content (AvgIpc) is 2.56. The lowest BCUT2D eigenvalue weighted by atomic mass is 10.2. The molecule has 1 aliphatic heterocycles.